The monoisotopic (exact) mass is 350 g/mol. The number of aliphatic hydroxyl groups is 1. The summed E-state index contributed by atoms with van der Waals surface area (Å²) in [6.07, 6.45) is 7.60. The Morgan fingerprint density at radius 3 is 2.73 bits per heavy atom. The van der Waals surface area contributed by atoms with E-state index in [1.165, 1.54) is 37.7 Å². The minimum absolute atomic E-state index is 0.0119. The van der Waals surface area contributed by atoms with Gasteiger partial charge < -0.3 is 5.11 Å². The van der Waals surface area contributed by atoms with E-state index in [4.69, 9.17) is 5.11 Å². The van der Waals surface area contributed by atoms with E-state index in [0.717, 1.165) is 18.3 Å². The van der Waals surface area contributed by atoms with Crippen LogP contribution in [0.4, 0.5) is 0 Å². The van der Waals surface area contributed by atoms with Crippen LogP contribution in [0.1, 0.15) is 75.5 Å². The van der Waals surface area contributed by atoms with Crippen LogP contribution in [0, 0.1) is 47.3 Å². The quantitative estimate of drug-likeness (QED) is 0.664. The second-order valence-electron chi connectivity index (χ2n) is 10.1. The van der Waals surface area contributed by atoms with Gasteiger partial charge in [0.25, 0.3) is 0 Å². The molecule has 2 saturated carbocycles. The highest BCUT2D eigenvalue weighted by atomic mass is 16.2. The molecule has 0 heterocycles. The van der Waals surface area contributed by atoms with Crippen molar-refractivity contribution in [3.05, 3.63) is 34.9 Å². The highest BCUT2D eigenvalue weighted by molar-refractivity contribution is 5.39. The van der Waals surface area contributed by atoms with Crippen LogP contribution in [-0.4, -0.2) is 11.7 Å². The van der Waals surface area contributed by atoms with Gasteiger partial charge in [0.05, 0.1) is 0 Å². The van der Waals surface area contributed by atoms with Crippen molar-refractivity contribution < 1.29 is 5.11 Å². The first-order valence-electron chi connectivity index (χ1n) is 10.5. The third-order valence-electron chi connectivity index (χ3n) is 8.59. The third-order valence-corrected chi connectivity index (χ3v) is 8.59. The topological polar surface area (TPSA) is 20.2 Å². The van der Waals surface area contributed by atoms with Gasteiger partial charge in [0, 0.05) is 6.42 Å². The number of fused-ring (bicyclic) bond motifs is 5. The molecule has 5 atom stereocenters. The molecule has 1 aromatic rings. The van der Waals surface area contributed by atoms with Crippen molar-refractivity contribution in [1.82, 2.24) is 0 Å². The second kappa shape index (κ2) is 6.42. The number of aryl methyl sites for hydroxylation is 2. The van der Waals surface area contributed by atoms with Crippen molar-refractivity contribution in [1.29, 1.82) is 0 Å². The van der Waals surface area contributed by atoms with Crippen molar-refractivity contribution in [3.63, 3.8) is 0 Å². The van der Waals surface area contributed by atoms with E-state index in [9.17, 15) is 0 Å². The summed E-state index contributed by atoms with van der Waals surface area (Å²) in [6, 6.07) is 7.16. The van der Waals surface area contributed by atoms with Gasteiger partial charge in [0.15, 0.2) is 0 Å². The summed E-state index contributed by atoms with van der Waals surface area (Å²) in [5, 5.41) is 9.13. The molecule has 3 aliphatic rings. The SMILES string of the molecule is Cc1ccc2c(c1)CCC1C2[C@@H](CC#CCO)CC2(C)C1CCC2(C)C. The zero-order chi connectivity index (χ0) is 18.5. The predicted octanol–water partition coefficient (Wildman–Crippen LogP) is 5.49. The predicted molar refractivity (Wildman–Crippen MR) is 108 cm³/mol. The maximum Gasteiger partial charge on any atom is 0.104 e. The Morgan fingerprint density at radius 1 is 1.15 bits per heavy atom. The molecule has 4 unspecified atom stereocenters. The van der Waals surface area contributed by atoms with E-state index in [-0.39, 0.29) is 6.61 Å². The van der Waals surface area contributed by atoms with Gasteiger partial charge in [-0.15, -0.1) is 5.92 Å². The van der Waals surface area contributed by atoms with Gasteiger partial charge in [0.1, 0.15) is 6.61 Å². The number of hydrogen-bond donors (Lipinski definition) is 1. The van der Waals surface area contributed by atoms with Gasteiger partial charge in [-0.1, -0.05) is 50.5 Å². The zero-order valence-corrected chi connectivity index (χ0v) is 16.9. The van der Waals surface area contributed by atoms with Crippen LogP contribution in [0.15, 0.2) is 18.2 Å². The van der Waals surface area contributed by atoms with Crippen LogP contribution in [0.3, 0.4) is 0 Å². The summed E-state index contributed by atoms with van der Waals surface area (Å²) in [4.78, 5) is 0. The molecule has 4 rings (SSSR count). The van der Waals surface area contributed by atoms with Crippen molar-refractivity contribution in [2.24, 2.45) is 28.6 Å². The van der Waals surface area contributed by atoms with Gasteiger partial charge in [-0.2, -0.15) is 0 Å². The lowest BCUT2D eigenvalue weighted by Crippen LogP contribution is -2.48. The molecule has 0 bridgehead atoms. The first kappa shape index (κ1) is 18.1. The van der Waals surface area contributed by atoms with Crippen LogP contribution in [-0.2, 0) is 6.42 Å². The number of hydrogen-bond acceptors (Lipinski definition) is 1. The summed E-state index contributed by atoms with van der Waals surface area (Å²) in [5.74, 6) is 9.19. The standard InChI is InChI=1S/C25H34O/c1-17-8-10-20-18(15-17)9-11-21-22-12-13-24(2,3)25(22,4)16-19(23(20)21)7-5-6-14-26/h8,10,15,19,21-23,26H,7,9,11-14,16H2,1-4H3/t19-,21?,22?,23?,25?/m0/s1. The van der Waals surface area contributed by atoms with Crippen molar-refractivity contribution >= 4 is 0 Å². The maximum atomic E-state index is 9.13. The minimum atomic E-state index is -0.0119. The molecule has 0 amide bonds. The van der Waals surface area contributed by atoms with Crippen molar-refractivity contribution in [3.8, 4) is 11.8 Å². The fourth-order valence-corrected chi connectivity index (χ4v) is 6.93. The van der Waals surface area contributed by atoms with Gasteiger partial charge in [-0.3, -0.25) is 0 Å². The van der Waals surface area contributed by atoms with Crippen LogP contribution in [0.25, 0.3) is 0 Å². The number of rotatable bonds is 1. The zero-order valence-electron chi connectivity index (χ0n) is 16.9. The molecule has 3 aliphatic carbocycles. The normalized spacial score (nSPS) is 37.1. The Morgan fingerprint density at radius 2 is 1.96 bits per heavy atom. The minimum Gasteiger partial charge on any atom is -0.384 e. The highest BCUT2D eigenvalue weighted by Crippen LogP contribution is 2.68. The number of benzene rings is 1. The van der Waals surface area contributed by atoms with Crippen LogP contribution >= 0.6 is 0 Å². The average Bonchev–Trinajstić information content (AvgIpc) is 2.84. The summed E-state index contributed by atoms with van der Waals surface area (Å²) >= 11 is 0. The van der Waals surface area contributed by atoms with Crippen molar-refractivity contribution in [2.45, 2.75) is 72.1 Å². The Labute approximate surface area is 159 Å². The van der Waals surface area contributed by atoms with Crippen LogP contribution in [0.2, 0.25) is 0 Å². The molecular formula is C25H34O. The summed E-state index contributed by atoms with van der Waals surface area (Å²) in [5.41, 5.74) is 5.46. The van der Waals surface area contributed by atoms with Crippen LogP contribution < -0.4 is 0 Å². The Kier molecular flexibility index (Phi) is 4.47. The van der Waals surface area contributed by atoms with E-state index < -0.39 is 0 Å². The smallest absolute Gasteiger partial charge is 0.104 e. The first-order chi connectivity index (χ1) is 12.4. The molecule has 0 radical (unpaired) electrons. The lowest BCUT2D eigenvalue weighted by molar-refractivity contribution is -0.0385. The van der Waals surface area contributed by atoms with Crippen LogP contribution in [0.5, 0.6) is 0 Å². The molecular weight excluding hydrogens is 316 g/mol. The molecule has 1 aromatic carbocycles. The Balaban J connectivity index is 1.77. The maximum absolute atomic E-state index is 9.13. The van der Waals surface area contributed by atoms with E-state index in [1.807, 2.05) is 0 Å². The van der Waals surface area contributed by atoms with E-state index in [0.29, 0.717) is 22.7 Å². The fraction of sp³-hybridized carbons (Fsp3) is 0.680. The van der Waals surface area contributed by atoms with Gasteiger partial charge in [0.2, 0.25) is 0 Å². The molecule has 140 valence electrons. The first-order valence-corrected chi connectivity index (χ1v) is 10.5. The second-order valence-corrected chi connectivity index (χ2v) is 10.1. The summed E-state index contributed by atoms with van der Waals surface area (Å²) in [7, 11) is 0. The largest absolute Gasteiger partial charge is 0.384 e. The Hall–Kier alpha value is -1.26. The van der Waals surface area contributed by atoms with Crippen molar-refractivity contribution in [2.75, 3.05) is 6.61 Å². The lowest BCUT2D eigenvalue weighted by atomic mass is 9.48. The number of aliphatic hydroxyl groups excluding tert-OH is 1. The third kappa shape index (κ3) is 2.65. The Bertz CT molecular complexity index is 749. The van der Waals surface area contributed by atoms with E-state index >= 15 is 0 Å². The average molecular weight is 351 g/mol. The molecule has 1 N–H and O–H groups in total. The summed E-state index contributed by atoms with van der Waals surface area (Å²) in [6.45, 7) is 9.79. The fourth-order valence-electron chi connectivity index (χ4n) is 6.93. The summed E-state index contributed by atoms with van der Waals surface area (Å²) < 4.78 is 0. The molecule has 26 heavy (non-hydrogen) atoms. The molecule has 1 heteroatoms. The highest BCUT2D eigenvalue weighted by Gasteiger charge is 2.60. The van der Waals surface area contributed by atoms with Gasteiger partial charge in [-0.25, -0.2) is 0 Å². The molecule has 1 nitrogen and oxygen atoms in total. The molecule has 0 aromatic heterocycles. The molecule has 0 spiro atoms. The molecule has 2 fully saturated rings. The van der Waals surface area contributed by atoms with Gasteiger partial charge >= 0.3 is 0 Å². The lowest BCUT2D eigenvalue weighted by Gasteiger charge is -2.56. The van der Waals surface area contributed by atoms with E-state index in [1.54, 1.807) is 11.1 Å². The molecule has 0 aliphatic heterocycles. The molecule has 0 saturated heterocycles. The van der Waals surface area contributed by atoms with E-state index in [2.05, 4.69) is 57.7 Å². The van der Waals surface area contributed by atoms with Gasteiger partial charge in [-0.05, 0) is 84.7 Å².